The highest BCUT2D eigenvalue weighted by Crippen LogP contribution is 2.23. The highest BCUT2D eigenvalue weighted by Gasteiger charge is 2.17. The van der Waals surface area contributed by atoms with Gasteiger partial charge in [0.25, 0.3) is 5.91 Å². The van der Waals surface area contributed by atoms with E-state index in [2.05, 4.69) is 10.3 Å². The molecule has 0 radical (unpaired) electrons. The standard InChI is InChI=1S/C19H18Cl2N4O3S/c1-24(2)29(27,28)15-7-5-13(6-8-15)11-23-19(26)17-4-3-9-25(17)18-16(21)10-14(20)12-22-18/h3-10,12H,11H2,1-2H3,(H,23,26). The zero-order valence-electron chi connectivity index (χ0n) is 15.6. The minimum Gasteiger partial charge on any atom is -0.347 e. The first-order valence-corrected chi connectivity index (χ1v) is 10.7. The van der Waals surface area contributed by atoms with Crippen molar-refractivity contribution in [2.45, 2.75) is 11.4 Å². The summed E-state index contributed by atoms with van der Waals surface area (Å²) >= 11 is 12.1. The maximum Gasteiger partial charge on any atom is 0.268 e. The van der Waals surface area contributed by atoms with E-state index in [4.69, 9.17) is 23.2 Å². The topological polar surface area (TPSA) is 84.3 Å². The van der Waals surface area contributed by atoms with Gasteiger partial charge in [0, 0.05) is 33.0 Å². The molecule has 3 aromatic rings. The van der Waals surface area contributed by atoms with E-state index in [-0.39, 0.29) is 17.3 Å². The molecule has 1 amide bonds. The second kappa shape index (κ2) is 8.54. The molecule has 3 rings (SSSR count). The summed E-state index contributed by atoms with van der Waals surface area (Å²) in [6, 6.07) is 11.3. The Balaban J connectivity index is 1.73. The summed E-state index contributed by atoms with van der Waals surface area (Å²) in [6.45, 7) is 0.230. The van der Waals surface area contributed by atoms with Crippen LogP contribution >= 0.6 is 23.2 Å². The van der Waals surface area contributed by atoms with Gasteiger partial charge < -0.3 is 5.32 Å². The van der Waals surface area contributed by atoms with Crippen molar-refractivity contribution in [3.05, 3.63) is 76.2 Å². The molecule has 0 saturated heterocycles. The van der Waals surface area contributed by atoms with Gasteiger partial charge in [0.05, 0.1) is 14.9 Å². The van der Waals surface area contributed by atoms with E-state index in [1.807, 2.05) is 0 Å². The third kappa shape index (κ3) is 4.62. The van der Waals surface area contributed by atoms with Gasteiger partial charge in [-0.1, -0.05) is 35.3 Å². The molecular weight excluding hydrogens is 435 g/mol. The Morgan fingerprint density at radius 1 is 1.17 bits per heavy atom. The number of pyridine rings is 1. The normalized spacial score (nSPS) is 11.6. The number of nitrogens with one attached hydrogen (secondary N) is 1. The highest BCUT2D eigenvalue weighted by atomic mass is 35.5. The van der Waals surface area contributed by atoms with Crippen LogP contribution in [0.5, 0.6) is 0 Å². The van der Waals surface area contributed by atoms with Gasteiger partial charge in [-0.25, -0.2) is 17.7 Å². The van der Waals surface area contributed by atoms with E-state index < -0.39 is 10.0 Å². The fourth-order valence-electron chi connectivity index (χ4n) is 2.60. The molecule has 152 valence electrons. The van der Waals surface area contributed by atoms with Crippen LogP contribution in [-0.2, 0) is 16.6 Å². The van der Waals surface area contributed by atoms with Crippen molar-refractivity contribution in [3.8, 4) is 5.82 Å². The van der Waals surface area contributed by atoms with E-state index in [0.29, 0.717) is 21.6 Å². The quantitative estimate of drug-likeness (QED) is 0.621. The number of hydrogen-bond donors (Lipinski definition) is 1. The fourth-order valence-corrected chi connectivity index (χ4v) is 3.97. The molecule has 10 heteroatoms. The van der Waals surface area contributed by atoms with Crippen molar-refractivity contribution in [1.82, 2.24) is 19.2 Å². The van der Waals surface area contributed by atoms with Crippen LogP contribution in [0.2, 0.25) is 10.0 Å². The number of carbonyl (C=O) groups is 1. The Bertz CT molecular complexity index is 1140. The molecule has 2 heterocycles. The minimum atomic E-state index is -3.49. The van der Waals surface area contributed by atoms with Crippen molar-refractivity contribution in [1.29, 1.82) is 0 Å². The summed E-state index contributed by atoms with van der Waals surface area (Å²) in [7, 11) is -0.545. The molecule has 0 aliphatic carbocycles. The number of carbonyl (C=O) groups excluding carboxylic acids is 1. The van der Waals surface area contributed by atoms with E-state index in [0.717, 1.165) is 9.87 Å². The predicted molar refractivity (Wildman–Crippen MR) is 112 cm³/mol. The van der Waals surface area contributed by atoms with Crippen LogP contribution in [-0.4, -0.2) is 42.3 Å². The molecule has 0 aliphatic rings. The maximum absolute atomic E-state index is 12.6. The summed E-state index contributed by atoms with van der Waals surface area (Å²) in [5, 5.41) is 3.53. The third-order valence-corrected chi connectivity index (χ3v) is 6.47. The molecule has 1 N–H and O–H groups in total. The van der Waals surface area contributed by atoms with Crippen LogP contribution in [0.25, 0.3) is 5.82 Å². The number of hydrogen-bond acceptors (Lipinski definition) is 4. The number of aromatic nitrogens is 2. The predicted octanol–water partition coefficient (Wildman–Crippen LogP) is 3.36. The number of amides is 1. The van der Waals surface area contributed by atoms with Gasteiger partial charge in [-0.15, -0.1) is 0 Å². The van der Waals surface area contributed by atoms with Crippen LogP contribution < -0.4 is 5.32 Å². The van der Waals surface area contributed by atoms with E-state index in [9.17, 15) is 13.2 Å². The van der Waals surface area contributed by atoms with Gasteiger partial charge in [-0.3, -0.25) is 9.36 Å². The van der Waals surface area contributed by atoms with Crippen LogP contribution in [0.4, 0.5) is 0 Å². The summed E-state index contributed by atoms with van der Waals surface area (Å²) in [5.41, 5.74) is 1.12. The van der Waals surface area contributed by atoms with Crippen molar-refractivity contribution >= 4 is 39.1 Å². The van der Waals surface area contributed by atoms with Crippen LogP contribution in [0.3, 0.4) is 0 Å². The Kier molecular flexibility index (Phi) is 6.28. The Hall–Kier alpha value is -2.39. The SMILES string of the molecule is CN(C)S(=O)(=O)c1ccc(CNC(=O)c2cccn2-c2ncc(Cl)cc2Cl)cc1. The Morgan fingerprint density at radius 2 is 1.86 bits per heavy atom. The lowest BCUT2D eigenvalue weighted by Crippen LogP contribution is -2.25. The van der Waals surface area contributed by atoms with Gasteiger partial charge >= 0.3 is 0 Å². The number of nitrogens with zero attached hydrogens (tertiary/aromatic N) is 3. The zero-order chi connectivity index (χ0) is 21.2. The Labute approximate surface area is 178 Å². The first kappa shape index (κ1) is 21.3. The summed E-state index contributed by atoms with van der Waals surface area (Å²) in [5.74, 6) is 0.0669. The molecule has 29 heavy (non-hydrogen) atoms. The molecule has 0 bridgehead atoms. The van der Waals surface area contributed by atoms with Crippen LogP contribution in [0.15, 0.2) is 59.8 Å². The second-order valence-electron chi connectivity index (χ2n) is 6.34. The third-order valence-electron chi connectivity index (χ3n) is 4.15. The monoisotopic (exact) mass is 452 g/mol. The number of rotatable bonds is 6. The molecule has 7 nitrogen and oxygen atoms in total. The zero-order valence-corrected chi connectivity index (χ0v) is 18.0. The molecule has 0 spiro atoms. The number of benzene rings is 1. The van der Waals surface area contributed by atoms with Gasteiger partial charge in [0.2, 0.25) is 10.0 Å². The molecule has 0 atom stereocenters. The first-order chi connectivity index (χ1) is 13.7. The maximum atomic E-state index is 12.6. The van der Waals surface area contributed by atoms with Crippen molar-refractivity contribution in [2.24, 2.45) is 0 Å². The van der Waals surface area contributed by atoms with E-state index >= 15 is 0 Å². The van der Waals surface area contributed by atoms with Crippen molar-refractivity contribution in [3.63, 3.8) is 0 Å². The molecule has 0 aliphatic heterocycles. The molecular formula is C19H18Cl2N4O3S. The summed E-state index contributed by atoms with van der Waals surface area (Å²) in [4.78, 5) is 17.0. The van der Waals surface area contributed by atoms with Crippen LogP contribution in [0, 0.1) is 0 Å². The van der Waals surface area contributed by atoms with Gasteiger partial charge in [-0.05, 0) is 35.9 Å². The highest BCUT2D eigenvalue weighted by molar-refractivity contribution is 7.89. The molecule has 0 unspecified atom stereocenters. The summed E-state index contributed by atoms with van der Waals surface area (Å²) in [6.07, 6.45) is 3.13. The first-order valence-electron chi connectivity index (χ1n) is 8.48. The lowest BCUT2D eigenvalue weighted by molar-refractivity contribution is 0.0944. The van der Waals surface area contributed by atoms with Gasteiger partial charge in [0.15, 0.2) is 5.82 Å². The van der Waals surface area contributed by atoms with E-state index in [1.54, 1.807) is 41.1 Å². The average molecular weight is 453 g/mol. The molecule has 2 aromatic heterocycles. The fraction of sp³-hybridized carbons (Fsp3) is 0.158. The number of halogens is 2. The van der Waals surface area contributed by atoms with Gasteiger partial charge in [0.1, 0.15) is 5.69 Å². The van der Waals surface area contributed by atoms with E-state index in [1.165, 1.54) is 32.4 Å². The van der Waals surface area contributed by atoms with Crippen LogP contribution in [0.1, 0.15) is 16.1 Å². The Morgan fingerprint density at radius 3 is 2.48 bits per heavy atom. The molecule has 0 saturated carbocycles. The minimum absolute atomic E-state index is 0.190. The van der Waals surface area contributed by atoms with Gasteiger partial charge in [-0.2, -0.15) is 0 Å². The van der Waals surface area contributed by atoms with Crippen molar-refractivity contribution in [2.75, 3.05) is 14.1 Å². The number of sulfonamides is 1. The van der Waals surface area contributed by atoms with Crippen molar-refractivity contribution < 1.29 is 13.2 Å². The molecule has 1 aromatic carbocycles. The largest absolute Gasteiger partial charge is 0.347 e. The average Bonchev–Trinajstić information content (AvgIpc) is 3.16. The second-order valence-corrected chi connectivity index (χ2v) is 9.33. The lowest BCUT2D eigenvalue weighted by Gasteiger charge is -2.12. The lowest BCUT2D eigenvalue weighted by atomic mass is 10.2. The summed E-state index contributed by atoms with van der Waals surface area (Å²) < 4.78 is 26.9. The molecule has 0 fully saturated rings. The smallest absolute Gasteiger partial charge is 0.268 e.